The normalized spacial score (nSPS) is 13.0. The minimum Gasteiger partial charge on any atom is -0.387 e. The van der Waals surface area contributed by atoms with E-state index in [0.717, 1.165) is 17.7 Å². The first kappa shape index (κ1) is 16.5. The highest BCUT2D eigenvalue weighted by molar-refractivity contribution is 7.12. The lowest BCUT2D eigenvalue weighted by atomic mass is 10.1. The Hall–Kier alpha value is -1.86. The van der Waals surface area contributed by atoms with E-state index in [0.29, 0.717) is 4.88 Å². The first-order valence-electron chi connectivity index (χ1n) is 6.46. The molecule has 3 nitrogen and oxygen atoms in total. The van der Waals surface area contributed by atoms with E-state index in [-0.39, 0.29) is 18.0 Å². The van der Waals surface area contributed by atoms with Crippen molar-refractivity contribution < 1.29 is 23.1 Å². The monoisotopic (exact) mass is 329 g/mol. The molecule has 0 aliphatic rings. The number of aryl methyl sites for hydroxylation is 1. The molecular formula is C15H14F3NO2S. The number of carbonyl (C=O) groups excluding carboxylic acids is 1. The number of hydrogen-bond donors (Lipinski definition) is 2. The van der Waals surface area contributed by atoms with Crippen LogP contribution in [-0.2, 0) is 6.18 Å². The van der Waals surface area contributed by atoms with Crippen molar-refractivity contribution in [2.45, 2.75) is 19.2 Å². The fourth-order valence-electron chi connectivity index (χ4n) is 1.92. The van der Waals surface area contributed by atoms with Crippen LogP contribution in [0.2, 0.25) is 0 Å². The molecule has 0 spiro atoms. The molecule has 0 saturated heterocycles. The Morgan fingerprint density at radius 2 is 2.09 bits per heavy atom. The molecule has 118 valence electrons. The van der Waals surface area contributed by atoms with Crippen LogP contribution in [0.4, 0.5) is 13.2 Å². The van der Waals surface area contributed by atoms with E-state index in [1.807, 2.05) is 0 Å². The van der Waals surface area contributed by atoms with Crippen molar-refractivity contribution in [3.63, 3.8) is 0 Å². The molecule has 0 saturated carbocycles. The SMILES string of the molecule is Cc1ccsc1C(=O)NCC(O)c1cccc(C(F)(F)F)c1. The molecule has 0 aliphatic carbocycles. The second-order valence-corrected chi connectivity index (χ2v) is 5.70. The van der Waals surface area contributed by atoms with Crippen LogP contribution in [0.25, 0.3) is 0 Å². The van der Waals surface area contributed by atoms with Gasteiger partial charge in [-0.15, -0.1) is 11.3 Å². The number of amides is 1. The maximum atomic E-state index is 12.6. The molecule has 1 heterocycles. The Morgan fingerprint density at radius 3 is 2.68 bits per heavy atom. The Bertz CT molecular complexity index is 667. The van der Waals surface area contributed by atoms with Crippen LogP contribution in [0.1, 0.15) is 32.5 Å². The third-order valence-electron chi connectivity index (χ3n) is 3.12. The average Bonchev–Trinajstić information content (AvgIpc) is 2.90. The fourth-order valence-corrected chi connectivity index (χ4v) is 2.76. The number of aliphatic hydroxyl groups excluding tert-OH is 1. The van der Waals surface area contributed by atoms with Gasteiger partial charge in [0.15, 0.2) is 0 Å². The van der Waals surface area contributed by atoms with Gasteiger partial charge in [-0.3, -0.25) is 4.79 Å². The van der Waals surface area contributed by atoms with Crippen LogP contribution < -0.4 is 5.32 Å². The Balaban J connectivity index is 2.02. The Kier molecular flexibility index (Phi) is 4.87. The van der Waals surface area contributed by atoms with E-state index in [1.54, 1.807) is 18.4 Å². The van der Waals surface area contributed by atoms with Gasteiger partial charge in [0.25, 0.3) is 5.91 Å². The maximum Gasteiger partial charge on any atom is 0.416 e. The Labute approximate surface area is 129 Å². The minimum absolute atomic E-state index is 0.109. The van der Waals surface area contributed by atoms with Crippen molar-refractivity contribution >= 4 is 17.2 Å². The number of benzene rings is 1. The predicted molar refractivity (Wildman–Crippen MR) is 77.8 cm³/mol. The molecule has 2 rings (SSSR count). The zero-order chi connectivity index (χ0) is 16.3. The van der Waals surface area contributed by atoms with E-state index >= 15 is 0 Å². The van der Waals surface area contributed by atoms with E-state index in [2.05, 4.69) is 5.32 Å². The molecule has 0 aliphatic heterocycles. The quantitative estimate of drug-likeness (QED) is 0.901. The van der Waals surface area contributed by atoms with E-state index in [1.165, 1.54) is 23.5 Å². The van der Waals surface area contributed by atoms with Gasteiger partial charge in [0, 0.05) is 6.54 Å². The molecule has 1 aromatic heterocycles. The largest absolute Gasteiger partial charge is 0.416 e. The number of aliphatic hydroxyl groups is 1. The van der Waals surface area contributed by atoms with Crippen molar-refractivity contribution in [2.75, 3.05) is 6.54 Å². The highest BCUT2D eigenvalue weighted by Gasteiger charge is 2.30. The lowest BCUT2D eigenvalue weighted by Crippen LogP contribution is -2.28. The first-order chi connectivity index (χ1) is 10.3. The van der Waals surface area contributed by atoms with E-state index in [9.17, 15) is 23.1 Å². The van der Waals surface area contributed by atoms with Gasteiger partial charge in [0.2, 0.25) is 0 Å². The lowest BCUT2D eigenvalue weighted by Gasteiger charge is -2.14. The number of carbonyl (C=O) groups is 1. The summed E-state index contributed by atoms with van der Waals surface area (Å²) in [6.45, 7) is 1.63. The summed E-state index contributed by atoms with van der Waals surface area (Å²) >= 11 is 1.27. The maximum absolute atomic E-state index is 12.6. The number of thiophene rings is 1. The van der Waals surface area contributed by atoms with Gasteiger partial charge in [0.05, 0.1) is 16.5 Å². The van der Waals surface area contributed by atoms with Gasteiger partial charge in [-0.05, 0) is 41.6 Å². The van der Waals surface area contributed by atoms with Gasteiger partial charge in [0.1, 0.15) is 0 Å². The van der Waals surface area contributed by atoms with Crippen LogP contribution >= 0.6 is 11.3 Å². The topological polar surface area (TPSA) is 49.3 Å². The average molecular weight is 329 g/mol. The van der Waals surface area contributed by atoms with Crippen LogP contribution in [-0.4, -0.2) is 17.6 Å². The van der Waals surface area contributed by atoms with E-state index in [4.69, 9.17) is 0 Å². The van der Waals surface area contributed by atoms with Gasteiger partial charge >= 0.3 is 6.18 Å². The zero-order valence-electron chi connectivity index (χ0n) is 11.6. The van der Waals surface area contributed by atoms with Crippen molar-refractivity contribution in [1.82, 2.24) is 5.32 Å². The summed E-state index contributed by atoms with van der Waals surface area (Å²) in [6.07, 6.45) is -5.67. The molecular weight excluding hydrogens is 315 g/mol. The molecule has 2 N–H and O–H groups in total. The fraction of sp³-hybridized carbons (Fsp3) is 0.267. The molecule has 7 heteroatoms. The second-order valence-electron chi connectivity index (χ2n) is 4.78. The minimum atomic E-state index is -4.47. The van der Waals surface area contributed by atoms with Gasteiger partial charge in [-0.2, -0.15) is 13.2 Å². The van der Waals surface area contributed by atoms with Crippen molar-refractivity contribution in [3.8, 4) is 0 Å². The molecule has 0 radical (unpaired) electrons. The molecule has 1 atom stereocenters. The van der Waals surface area contributed by atoms with Crippen molar-refractivity contribution in [3.05, 3.63) is 57.3 Å². The third-order valence-corrected chi connectivity index (χ3v) is 4.14. The summed E-state index contributed by atoms with van der Waals surface area (Å²) in [7, 11) is 0. The summed E-state index contributed by atoms with van der Waals surface area (Å²) < 4.78 is 37.9. The highest BCUT2D eigenvalue weighted by atomic mass is 32.1. The van der Waals surface area contributed by atoms with Gasteiger partial charge < -0.3 is 10.4 Å². The highest BCUT2D eigenvalue weighted by Crippen LogP contribution is 2.30. The molecule has 2 aromatic rings. The Morgan fingerprint density at radius 1 is 1.36 bits per heavy atom. The smallest absolute Gasteiger partial charge is 0.387 e. The molecule has 1 amide bonds. The van der Waals surface area contributed by atoms with Crippen LogP contribution in [0, 0.1) is 6.92 Å². The molecule has 0 fully saturated rings. The van der Waals surface area contributed by atoms with Crippen LogP contribution in [0.15, 0.2) is 35.7 Å². The van der Waals surface area contributed by atoms with Gasteiger partial charge in [-0.1, -0.05) is 12.1 Å². The number of nitrogens with one attached hydrogen (secondary N) is 1. The van der Waals surface area contributed by atoms with Crippen LogP contribution in [0.3, 0.4) is 0 Å². The predicted octanol–water partition coefficient (Wildman–Crippen LogP) is 3.54. The zero-order valence-corrected chi connectivity index (χ0v) is 12.5. The first-order valence-corrected chi connectivity index (χ1v) is 7.34. The summed E-state index contributed by atoms with van der Waals surface area (Å²) in [4.78, 5) is 12.4. The molecule has 1 aromatic carbocycles. The number of hydrogen-bond acceptors (Lipinski definition) is 3. The molecule has 0 bridgehead atoms. The number of halogens is 3. The molecule has 1 unspecified atom stereocenters. The summed E-state index contributed by atoms with van der Waals surface area (Å²) in [5.41, 5.74) is 0.0959. The van der Waals surface area contributed by atoms with Gasteiger partial charge in [-0.25, -0.2) is 0 Å². The van der Waals surface area contributed by atoms with E-state index < -0.39 is 17.8 Å². The lowest BCUT2D eigenvalue weighted by molar-refractivity contribution is -0.137. The third kappa shape index (κ3) is 3.86. The van der Waals surface area contributed by atoms with Crippen LogP contribution in [0.5, 0.6) is 0 Å². The van der Waals surface area contributed by atoms with Crippen molar-refractivity contribution in [1.29, 1.82) is 0 Å². The molecule has 22 heavy (non-hydrogen) atoms. The number of alkyl halides is 3. The summed E-state index contributed by atoms with van der Waals surface area (Å²) in [5.74, 6) is -0.349. The number of rotatable bonds is 4. The second kappa shape index (κ2) is 6.50. The summed E-state index contributed by atoms with van der Waals surface area (Å²) in [6, 6.07) is 6.23. The summed E-state index contributed by atoms with van der Waals surface area (Å²) in [5, 5.41) is 14.2. The van der Waals surface area contributed by atoms with Crippen molar-refractivity contribution in [2.24, 2.45) is 0 Å². The standard InChI is InChI=1S/C15H14F3NO2S/c1-9-5-6-22-13(9)14(21)19-8-12(20)10-3-2-4-11(7-10)15(16,17)18/h2-7,12,20H,8H2,1H3,(H,19,21).